The van der Waals surface area contributed by atoms with Crippen molar-refractivity contribution in [2.45, 2.75) is 32.6 Å². The van der Waals surface area contributed by atoms with E-state index >= 15 is 0 Å². The summed E-state index contributed by atoms with van der Waals surface area (Å²) in [5.74, 6) is -0.857. The van der Waals surface area contributed by atoms with E-state index in [1.54, 1.807) is 0 Å². The molecule has 0 atom stereocenters. The molecule has 0 amide bonds. The van der Waals surface area contributed by atoms with E-state index in [2.05, 4.69) is 86.5 Å². The van der Waals surface area contributed by atoms with Crippen LogP contribution in [0.4, 0.5) is 17.1 Å². The molecule has 0 aromatic heterocycles. The number of rotatable bonds is 12. The highest BCUT2D eigenvalue weighted by molar-refractivity contribution is 5.81. The predicted molar refractivity (Wildman–Crippen MR) is 145 cm³/mol. The monoisotopic (exact) mass is 483 g/mol. The number of hydrogen-bond donors (Lipinski definition) is 0. The maximum Gasteiger partial charge on any atom is 0.330 e. The molecule has 0 aliphatic heterocycles. The zero-order valence-corrected chi connectivity index (χ0v) is 21.0. The number of anilines is 3. The van der Waals surface area contributed by atoms with Crippen molar-refractivity contribution in [2.24, 2.45) is 0 Å². The molecule has 0 saturated heterocycles. The molecule has 0 saturated carbocycles. The van der Waals surface area contributed by atoms with Crippen molar-refractivity contribution in [2.75, 3.05) is 18.1 Å². The molecule has 0 aliphatic rings. The Hall–Kier alpha value is -4.12. The average molecular weight is 484 g/mol. The van der Waals surface area contributed by atoms with Crippen LogP contribution in [0.1, 0.15) is 35.4 Å². The molecule has 5 heteroatoms. The van der Waals surface area contributed by atoms with Gasteiger partial charge in [-0.2, -0.15) is 0 Å². The van der Waals surface area contributed by atoms with Crippen LogP contribution in [0.2, 0.25) is 0 Å². The fourth-order valence-corrected chi connectivity index (χ4v) is 3.98. The van der Waals surface area contributed by atoms with Gasteiger partial charge in [0.1, 0.15) is 0 Å². The first-order valence-electron chi connectivity index (χ1n) is 12.0. The van der Waals surface area contributed by atoms with E-state index in [-0.39, 0.29) is 19.1 Å². The minimum Gasteiger partial charge on any atom is -0.463 e. The molecule has 0 N–H and O–H groups in total. The Balaban J connectivity index is 1.87. The first-order chi connectivity index (χ1) is 17.4. The Kier molecular flexibility index (Phi) is 9.64. The van der Waals surface area contributed by atoms with E-state index in [1.807, 2.05) is 18.2 Å². The van der Waals surface area contributed by atoms with Gasteiger partial charge in [0.2, 0.25) is 0 Å². The lowest BCUT2D eigenvalue weighted by Crippen LogP contribution is -2.12. The molecule has 0 spiro atoms. The normalized spacial score (nSPS) is 10.5. The molecule has 0 aliphatic carbocycles. The number of para-hydroxylation sites is 1. The lowest BCUT2D eigenvalue weighted by Gasteiger charge is -2.27. The summed E-state index contributed by atoms with van der Waals surface area (Å²) >= 11 is 0. The van der Waals surface area contributed by atoms with Crippen molar-refractivity contribution in [1.29, 1.82) is 0 Å². The van der Waals surface area contributed by atoms with Gasteiger partial charge in [-0.15, -0.1) is 0 Å². The standard InChI is InChI=1S/C31H33NO4/c1-5-30(33)35-20-18-26(19-21-36-31(34)6-2)25-13-16-28(17-14-25)32(27-10-8-7-9-11-27)29-15-12-23(3)24(4)22-29/h5-17,22,26H,1-2,18-21H2,3-4H3. The summed E-state index contributed by atoms with van der Waals surface area (Å²) in [4.78, 5) is 25.2. The van der Waals surface area contributed by atoms with Crippen molar-refractivity contribution in [3.05, 3.63) is 115 Å². The largest absolute Gasteiger partial charge is 0.463 e. The van der Waals surface area contributed by atoms with E-state index in [0.29, 0.717) is 12.8 Å². The summed E-state index contributed by atoms with van der Waals surface area (Å²) in [5.41, 5.74) is 6.74. The van der Waals surface area contributed by atoms with Crippen LogP contribution < -0.4 is 4.90 Å². The Morgan fingerprint density at radius 2 is 1.28 bits per heavy atom. The zero-order valence-electron chi connectivity index (χ0n) is 21.0. The lowest BCUT2D eigenvalue weighted by atomic mass is 9.92. The number of ether oxygens (including phenoxy) is 2. The fraction of sp³-hybridized carbons (Fsp3) is 0.226. The minimum atomic E-state index is -0.450. The van der Waals surface area contributed by atoms with Crippen LogP contribution in [0.25, 0.3) is 0 Å². The molecule has 5 nitrogen and oxygen atoms in total. The van der Waals surface area contributed by atoms with Crippen LogP contribution in [0.3, 0.4) is 0 Å². The van der Waals surface area contributed by atoms with Gasteiger partial charge in [-0.05, 0) is 85.7 Å². The third-order valence-electron chi connectivity index (χ3n) is 6.14. The van der Waals surface area contributed by atoms with Crippen molar-refractivity contribution in [3.63, 3.8) is 0 Å². The molecule has 0 unspecified atom stereocenters. The third kappa shape index (κ3) is 7.19. The number of benzene rings is 3. The van der Waals surface area contributed by atoms with Crippen LogP contribution in [-0.4, -0.2) is 25.2 Å². The second kappa shape index (κ2) is 13.1. The number of nitrogens with zero attached hydrogens (tertiary/aromatic N) is 1. The van der Waals surface area contributed by atoms with Crippen molar-refractivity contribution < 1.29 is 19.1 Å². The summed E-state index contributed by atoms with van der Waals surface area (Å²) in [6.45, 7) is 11.6. The van der Waals surface area contributed by atoms with Gasteiger partial charge in [0, 0.05) is 29.2 Å². The predicted octanol–water partition coefficient (Wildman–Crippen LogP) is 7.10. The van der Waals surface area contributed by atoms with Gasteiger partial charge in [0.25, 0.3) is 0 Å². The highest BCUT2D eigenvalue weighted by Gasteiger charge is 2.17. The van der Waals surface area contributed by atoms with Crippen LogP contribution in [0, 0.1) is 13.8 Å². The molecule has 186 valence electrons. The molecule has 3 aromatic carbocycles. The van der Waals surface area contributed by atoms with Gasteiger partial charge in [-0.25, -0.2) is 9.59 Å². The number of hydrogen-bond acceptors (Lipinski definition) is 5. The quantitative estimate of drug-likeness (QED) is 0.203. The van der Waals surface area contributed by atoms with Gasteiger partial charge in [0.15, 0.2) is 0 Å². The Labute approximate surface area is 213 Å². The van der Waals surface area contributed by atoms with Crippen LogP contribution in [0.15, 0.2) is 98.1 Å². The zero-order chi connectivity index (χ0) is 25.9. The molecule has 3 aromatic rings. The molecular formula is C31H33NO4. The van der Waals surface area contributed by atoms with Crippen molar-refractivity contribution in [3.8, 4) is 0 Å². The molecule has 0 radical (unpaired) electrons. The van der Waals surface area contributed by atoms with Gasteiger partial charge in [0.05, 0.1) is 13.2 Å². The highest BCUT2D eigenvalue weighted by atomic mass is 16.5. The smallest absolute Gasteiger partial charge is 0.330 e. The Morgan fingerprint density at radius 1 is 0.750 bits per heavy atom. The summed E-state index contributed by atoms with van der Waals surface area (Å²) in [7, 11) is 0. The lowest BCUT2D eigenvalue weighted by molar-refractivity contribution is -0.138. The first kappa shape index (κ1) is 26.5. The second-order valence-corrected chi connectivity index (χ2v) is 8.55. The van der Waals surface area contributed by atoms with Gasteiger partial charge >= 0.3 is 11.9 Å². The van der Waals surface area contributed by atoms with Gasteiger partial charge < -0.3 is 14.4 Å². The Bertz CT molecular complexity index is 1160. The third-order valence-corrected chi connectivity index (χ3v) is 6.14. The van der Waals surface area contributed by atoms with Crippen molar-refractivity contribution >= 4 is 29.0 Å². The van der Waals surface area contributed by atoms with Gasteiger partial charge in [-0.1, -0.05) is 49.6 Å². The van der Waals surface area contributed by atoms with E-state index in [0.717, 1.165) is 34.8 Å². The maximum absolute atomic E-state index is 11.5. The van der Waals surface area contributed by atoms with Gasteiger partial charge in [-0.3, -0.25) is 0 Å². The first-order valence-corrected chi connectivity index (χ1v) is 12.0. The summed E-state index contributed by atoms with van der Waals surface area (Å²) in [5, 5.41) is 0. The fourth-order valence-electron chi connectivity index (χ4n) is 3.98. The molecule has 36 heavy (non-hydrogen) atoms. The summed E-state index contributed by atoms with van der Waals surface area (Å²) in [6.07, 6.45) is 3.51. The van der Waals surface area contributed by atoms with E-state index < -0.39 is 11.9 Å². The van der Waals surface area contributed by atoms with Crippen LogP contribution in [0.5, 0.6) is 0 Å². The number of aryl methyl sites for hydroxylation is 2. The maximum atomic E-state index is 11.5. The number of carbonyl (C=O) groups is 2. The SMILES string of the molecule is C=CC(=O)OCCC(CCOC(=O)C=C)c1ccc(N(c2ccccc2)c2ccc(C)c(C)c2)cc1. The molecular weight excluding hydrogens is 450 g/mol. The molecule has 0 bridgehead atoms. The van der Waals surface area contributed by atoms with Crippen molar-refractivity contribution in [1.82, 2.24) is 0 Å². The minimum absolute atomic E-state index is 0.0427. The number of carbonyl (C=O) groups excluding carboxylic acids is 2. The Morgan fingerprint density at radius 3 is 1.81 bits per heavy atom. The summed E-state index contributed by atoms with van der Waals surface area (Å²) in [6, 6.07) is 25.1. The topological polar surface area (TPSA) is 55.8 Å². The highest BCUT2D eigenvalue weighted by Crippen LogP contribution is 2.36. The second-order valence-electron chi connectivity index (χ2n) is 8.55. The van der Waals surface area contributed by atoms with Crippen LogP contribution >= 0.6 is 0 Å². The molecule has 3 rings (SSSR count). The number of esters is 2. The molecule has 0 fully saturated rings. The van der Waals surface area contributed by atoms with E-state index in [1.165, 1.54) is 11.1 Å². The van der Waals surface area contributed by atoms with Crippen LogP contribution in [-0.2, 0) is 19.1 Å². The van der Waals surface area contributed by atoms with E-state index in [4.69, 9.17) is 9.47 Å². The van der Waals surface area contributed by atoms with E-state index in [9.17, 15) is 9.59 Å². The summed E-state index contributed by atoms with van der Waals surface area (Å²) < 4.78 is 10.4. The average Bonchev–Trinajstić information content (AvgIpc) is 2.90. The molecule has 0 heterocycles.